The second kappa shape index (κ2) is 9.13. The molecule has 2 rings (SSSR count). The van der Waals surface area contributed by atoms with Crippen LogP contribution in [0.4, 0.5) is 5.69 Å². The number of amides is 1. The normalized spacial score (nSPS) is 10.6. The van der Waals surface area contributed by atoms with E-state index in [1.165, 1.54) is 0 Å². The molecule has 24 heavy (non-hydrogen) atoms. The summed E-state index contributed by atoms with van der Waals surface area (Å²) in [5.74, 6) is 1.74. The summed E-state index contributed by atoms with van der Waals surface area (Å²) < 4.78 is 10.9. The largest absolute Gasteiger partial charge is 0.496 e. The number of hydrogen-bond donors (Lipinski definition) is 2. The number of carbonyl (C=O) groups is 1. The molecule has 130 valence electrons. The SMILES string of the molecule is CCCCCCC(=O)Nc1ccc(-c2ccc(CO)o2)c(OC)c1. The van der Waals surface area contributed by atoms with Gasteiger partial charge in [-0.3, -0.25) is 4.79 Å². The molecule has 0 fully saturated rings. The van der Waals surface area contributed by atoms with Gasteiger partial charge in [-0.1, -0.05) is 26.2 Å². The fourth-order valence-electron chi connectivity index (χ4n) is 2.52. The molecule has 5 heteroatoms. The molecular formula is C19H25NO4. The third-order valence-electron chi connectivity index (χ3n) is 3.83. The highest BCUT2D eigenvalue weighted by Gasteiger charge is 2.12. The molecule has 0 bridgehead atoms. The molecule has 1 aromatic heterocycles. The molecule has 2 N–H and O–H groups in total. The molecule has 5 nitrogen and oxygen atoms in total. The van der Waals surface area contributed by atoms with Crippen LogP contribution in [0.25, 0.3) is 11.3 Å². The number of furan rings is 1. The van der Waals surface area contributed by atoms with Crippen LogP contribution in [-0.4, -0.2) is 18.1 Å². The van der Waals surface area contributed by atoms with Crippen LogP contribution in [0.1, 0.15) is 44.8 Å². The molecule has 0 spiro atoms. The van der Waals surface area contributed by atoms with Gasteiger partial charge in [0.2, 0.25) is 5.91 Å². The van der Waals surface area contributed by atoms with Crippen LogP contribution in [-0.2, 0) is 11.4 Å². The first-order chi connectivity index (χ1) is 11.7. The zero-order valence-electron chi connectivity index (χ0n) is 14.3. The van der Waals surface area contributed by atoms with Crippen molar-refractivity contribution in [2.75, 3.05) is 12.4 Å². The van der Waals surface area contributed by atoms with Crippen LogP contribution in [0.5, 0.6) is 5.75 Å². The minimum absolute atomic E-state index is 0.0153. The van der Waals surface area contributed by atoms with Gasteiger partial charge < -0.3 is 19.6 Å². The van der Waals surface area contributed by atoms with E-state index in [4.69, 9.17) is 14.3 Å². The monoisotopic (exact) mass is 331 g/mol. The van der Waals surface area contributed by atoms with Crippen molar-refractivity contribution >= 4 is 11.6 Å². The van der Waals surface area contributed by atoms with Crippen LogP contribution in [0.3, 0.4) is 0 Å². The number of rotatable bonds is 9. The number of nitrogens with one attached hydrogen (secondary N) is 1. The van der Waals surface area contributed by atoms with Crippen LogP contribution in [0, 0.1) is 0 Å². The van der Waals surface area contributed by atoms with Crippen molar-refractivity contribution in [3.63, 3.8) is 0 Å². The molecular weight excluding hydrogens is 306 g/mol. The van der Waals surface area contributed by atoms with Gasteiger partial charge in [0.1, 0.15) is 23.9 Å². The summed E-state index contributed by atoms with van der Waals surface area (Å²) in [4.78, 5) is 12.0. The van der Waals surface area contributed by atoms with E-state index in [2.05, 4.69) is 12.2 Å². The third-order valence-corrected chi connectivity index (χ3v) is 3.83. The summed E-state index contributed by atoms with van der Waals surface area (Å²) in [6.45, 7) is 2.00. The number of aliphatic hydroxyl groups is 1. The lowest BCUT2D eigenvalue weighted by Crippen LogP contribution is -2.11. The molecule has 1 heterocycles. The lowest BCUT2D eigenvalue weighted by atomic mass is 10.1. The Bertz CT molecular complexity index is 663. The summed E-state index contributed by atoms with van der Waals surface area (Å²) in [7, 11) is 1.57. The minimum Gasteiger partial charge on any atom is -0.496 e. The predicted octanol–water partition coefficient (Wildman–Crippen LogP) is 4.36. The topological polar surface area (TPSA) is 71.7 Å². The van der Waals surface area contributed by atoms with Gasteiger partial charge in [-0.05, 0) is 30.7 Å². The summed E-state index contributed by atoms with van der Waals surface area (Å²) in [5, 5.41) is 12.0. The number of aliphatic hydroxyl groups excluding tert-OH is 1. The van der Waals surface area contributed by atoms with Crippen molar-refractivity contribution in [1.82, 2.24) is 0 Å². The van der Waals surface area contributed by atoms with Gasteiger partial charge in [0.25, 0.3) is 0 Å². The summed E-state index contributed by atoms with van der Waals surface area (Å²) in [6, 6.07) is 8.95. The highest BCUT2D eigenvalue weighted by atomic mass is 16.5. The molecule has 0 radical (unpaired) electrons. The highest BCUT2D eigenvalue weighted by Crippen LogP contribution is 2.33. The first kappa shape index (κ1) is 18.1. The smallest absolute Gasteiger partial charge is 0.224 e. The van der Waals surface area contributed by atoms with Crippen molar-refractivity contribution in [2.45, 2.75) is 45.6 Å². The van der Waals surface area contributed by atoms with Crippen molar-refractivity contribution in [3.05, 3.63) is 36.1 Å². The standard InChI is InChI=1S/C19H25NO4/c1-3-4-5-6-7-19(22)20-14-8-10-16(18(12-14)23-2)17-11-9-15(13-21)24-17/h8-12,21H,3-7,13H2,1-2H3,(H,20,22). The maximum Gasteiger partial charge on any atom is 0.224 e. The first-order valence-corrected chi connectivity index (χ1v) is 8.35. The van der Waals surface area contributed by atoms with E-state index >= 15 is 0 Å². The molecule has 0 atom stereocenters. The van der Waals surface area contributed by atoms with Crippen molar-refractivity contribution < 1.29 is 19.1 Å². The van der Waals surface area contributed by atoms with Gasteiger partial charge in [-0.25, -0.2) is 0 Å². The minimum atomic E-state index is -0.144. The van der Waals surface area contributed by atoms with Crippen molar-refractivity contribution in [1.29, 1.82) is 0 Å². The van der Waals surface area contributed by atoms with E-state index in [-0.39, 0.29) is 12.5 Å². The van der Waals surface area contributed by atoms with E-state index < -0.39 is 0 Å². The molecule has 1 amide bonds. The summed E-state index contributed by atoms with van der Waals surface area (Å²) >= 11 is 0. The number of anilines is 1. The first-order valence-electron chi connectivity index (χ1n) is 8.35. The fraction of sp³-hybridized carbons (Fsp3) is 0.421. The Kier molecular flexibility index (Phi) is 6.88. The van der Waals surface area contributed by atoms with Crippen molar-refractivity contribution in [3.8, 4) is 17.1 Å². The second-order valence-corrected chi connectivity index (χ2v) is 5.70. The molecule has 2 aromatic rings. The van der Waals surface area contributed by atoms with Gasteiger partial charge in [-0.2, -0.15) is 0 Å². The van der Waals surface area contributed by atoms with Crippen LogP contribution in [0.15, 0.2) is 34.7 Å². The average Bonchev–Trinajstić information content (AvgIpc) is 3.07. The number of ether oxygens (including phenoxy) is 1. The van der Waals surface area contributed by atoms with E-state index in [9.17, 15) is 4.79 Å². The maximum atomic E-state index is 12.0. The third kappa shape index (κ3) is 4.86. The van der Waals surface area contributed by atoms with Gasteiger partial charge in [0, 0.05) is 18.2 Å². The zero-order chi connectivity index (χ0) is 17.4. The second-order valence-electron chi connectivity index (χ2n) is 5.70. The van der Waals surface area contributed by atoms with E-state index in [1.54, 1.807) is 25.3 Å². The number of unbranched alkanes of at least 4 members (excludes halogenated alkanes) is 3. The van der Waals surface area contributed by atoms with E-state index in [1.807, 2.05) is 12.1 Å². The van der Waals surface area contributed by atoms with Crippen molar-refractivity contribution in [2.24, 2.45) is 0 Å². The lowest BCUT2D eigenvalue weighted by molar-refractivity contribution is -0.116. The lowest BCUT2D eigenvalue weighted by Gasteiger charge is -2.10. The molecule has 0 saturated carbocycles. The van der Waals surface area contributed by atoms with Gasteiger partial charge in [-0.15, -0.1) is 0 Å². The summed E-state index contributed by atoms with van der Waals surface area (Å²) in [5.41, 5.74) is 1.48. The van der Waals surface area contributed by atoms with E-state index in [0.29, 0.717) is 29.4 Å². The van der Waals surface area contributed by atoms with Gasteiger partial charge >= 0.3 is 0 Å². The number of hydrogen-bond acceptors (Lipinski definition) is 4. The highest BCUT2D eigenvalue weighted by molar-refractivity contribution is 5.91. The number of methoxy groups -OCH3 is 1. The number of benzene rings is 1. The Balaban J connectivity index is 2.04. The number of carbonyl (C=O) groups excluding carboxylic acids is 1. The van der Waals surface area contributed by atoms with Crippen LogP contribution < -0.4 is 10.1 Å². The Labute approximate surface area is 142 Å². The van der Waals surface area contributed by atoms with Gasteiger partial charge in [0.15, 0.2) is 0 Å². The molecule has 0 aliphatic carbocycles. The Morgan fingerprint density at radius 2 is 2.04 bits per heavy atom. The molecule has 1 aromatic carbocycles. The van der Waals surface area contributed by atoms with Crippen LogP contribution in [0.2, 0.25) is 0 Å². The predicted molar refractivity (Wildman–Crippen MR) is 94.0 cm³/mol. The molecule has 0 aliphatic rings. The fourth-order valence-corrected chi connectivity index (χ4v) is 2.52. The Morgan fingerprint density at radius 3 is 2.71 bits per heavy atom. The van der Waals surface area contributed by atoms with Gasteiger partial charge in [0.05, 0.1) is 12.7 Å². The maximum absolute atomic E-state index is 12.0. The average molecular weight is 331 g/mol. The zero-order valence-corrected chi connectivity index (χ0v) is 14.3. The van der Waals surface area contributed by atoms with Crippen LogP contribution >= 0.6 is 0 Å². The Hall–Kier alpha value is -2.27. The quantitative estimate of drug-likeness (QED) is 0.670. The molecule has 0 saturated heterocycles. The molecule has 0 aliphatic heterocycles. The summed E-state index contributed by atoms with van der Waals surface area (Å²) in [6.07, 6.45) is 4.84. The molecule has 0 unspecified atom stereocenters. The van der Waals surface area contributed by atoms with E-state index in [0.717, 1.165) is 31.2 Å². The Morgan fingerprint density at radius 1 is 1.21 bits per heavy atom.